The van der Waals surface area contributed by atoms with E-state index in [0.717, 1.165) is 19.3 Å². The van der Waals surface area contributed by atoms with Gasteiger partial charge in [-0.1, -0.05) is 38.0 Å². The van der Waals surface area contributed by atoms with E-state index >= 15 is 0 Å². The molecule has 1 N–H and O–H groups in total. The maximum atomic E-state index is 12.9. The van der Waals surface area contributed by atoms with E-state index in [2.05, 4.69) is 19.9 Å². The second kappa shape index (κ2) is 6.63. The molecule has 0 aromatic heterocycles. The largest absolute Gasteiger partial charge is 0.458 e. The normalized spacial score (nSPS) is 43.5. The molecule has 0 saturated heterocycles. The molecule has 0 aromatic rings. The molecule has 0 amide bonds. The second-order valence-electron chi connectivity index (χ2n) is 10.1. The van der Waals surface area contributed by atoms with Crippen LogP contribution < -0.4 is 0 Å². The molecule has 0 bridgehead atoms. The maximum Gasteiger partial charge on any atom is 0.303 e. The van der Waals surface area contributed by atoms with Gasteiger partial charge in [0.1, 0.15) is 5.60 Å². The van der Waals surface area contributed by atoms with E-state index in [4.69, 9.17) is 4.74 Å². The molecule has 3 unspecified atom stereocenters. The van der Waals surface area contributed by atoms with Crippen LogP contribution in [0.5, 0.6) is 0 Å². The van der Waals surface area contributed by atoms with E-state index in [-0.39, 0.29) is 29.5 Å². The fourth-order valence-corrected chi connectivity index (χ4v) is 7.03. The van der Waals surface area contributed by atoms with Gasteiger partial charge in [-0.25, -0.2) is 0 Å². The number of hydrogen-bond donors (Lipinski definition) is 1. The highest BCUT2D eigenvalue weighted by molar-refractivity contribution is 5.92. The van der Waals surface area contributed by atoms with Crippen LogP contribution in [0, 0.1) is 28.6 Å². The molecule has 0 heterocycles. The van der Waals surface area contributed by atoms with Gasteiger partial charge in [0.2, 0.25) is 5.78 Å². The zero-order valence-corrected chi connectivity index (χ0v) is 17.9. The van der Waals surface area contributed by atoms with Crippen molar-refractivity contribution in [1.29, 1.82) is 0 Å². The minimum absolute atomic E-state index is 0.0833. The third-order valence-corrected chi connectivity index (χ3v) is 8.68. The number of hydrogen-bond acceptors (Lipinski definition) is 5. The average Bonchev–Trinajstić information content (AvgIpc) is 2.94. The Bertz CT molecular complexity index is 838. The van der Waals surface area contributed by atoms with Crippen molar-refractivity contribution in [2.45, 2.75) is 71.8 Å². The molecule has 4 rings (SSSR count). The number of allylic oxidation sites excluding steroid dienone is 4. The third kappa shape index (κ3) is 2.80. The molecule has 6 atom stereocenters. The molecule has 29 heavy (non-hydrogen) atoms. The van der Waals surface area contributed by atoms with Gasteiger partial charge in [-0.15, -0.1) is 0 Å². The topological polar surface area (TPSA) is 80.7 Å². The highest BCUT2D eigenvalue weighted by atomic mass is 16.5. The molecule has 0 aromatic carbocycles. The summed E-state index contributed by atoms with van der Waals surface area (Å²) in [7, 11) is 0. The minimum atomic E-state index is -1.46. The summed E-state index contributed by atoms with van der Waals surface area (Å²) in [5, 5.41) is 11.5. The first-order valence-electron chi connectivity index (χ1n) is 10.9. The predicted octanol–water partition coefficient (Wildman–Crippen LogP) is 3.55. The van der Waals surface area contributed by atoms with E-state index < -0.39 is 17.0 Å². The van der Waals surface area contributed by atoms with Crippen LogP contribution in [-0.4, -0.2) is 34.9 Å². The Balaban J connectivity index is 1.70. The first kappa shape index (κ1) is 20.5. The van der Waals surface area contributed by atoms with Crippen LogP contribution in [0.15, 0.2) is 23.3 Å². The van der Waals surface area contributed by atoms with Crippen LogP contribution in [-0.2, 0) is 19.1 Å². The van der Waals surface area contributed by atoms with E-state index in [9.17, 15) is 19.5 Å². The van der Waals surface area contributed by atoms with Crippen molar-refractivity contribution in [3.8, 4) is 0 Å². The SMILES string of the molecule is CC(=O)OCC(=O)[C@@]1(O)CCC2C3CC(C)C4=CC(=O)CC[C@]4(C)C3=CC[C@@]21C. The number of esters is 1. The number of fused-ring (bicyclic) bond motifs is 5. The number of carbonyl (C=O) groups is 3. The molecule has 2 saturated carbocycles. The number of Topliss-reactive ketones (excluding diaryl/α,β-unsaturated/α-hetero) is 1. The number of aliphatic hydroxyl groups is 1. The Kier molecular flexibility index (Phi) is 4.69. The van der Waals surface area contributed by atoms with Crippen molar-refractivity contribution in [2.75, 3.05) is 6.61 Å². The van der Waals surface area contributed by atoms with Crippen LogP contribution in [0.25, 0.3) is 0 Å². The lowest BCUT2D eigenvalue weighted by Crippen LogP contribution is -2.56. The predicted molar refractivity (Wildman–Crippen MR) is 108 cm³/mol. The molecular weight excluding hydrogens is 368 g/mol. The number of carbonyl (C=O) groups excluding carboxylic acids is 3. The molecule has 4 aliphatic carbocycles. The summed E-state index contributed by atoms with van der Waals surface area (Å²) in [6.45, 7) is 7.43. The fraction of sp³-hybridized carbons (Fsp3) is 0.708. The second-order valence-corrected chi connectivity index (χ2v) is 10.1. The van der Waals surface area contributed by atoms with Gasteiger partial charge in [-0.2, -0.15) is 0 Å². The smallest absolute Gasteiger partial charge is 0.303 e. The molecule has 4 aliphatic rings. The van der Waals surface area contributed by atoms with Gasteiger partial charge in [-0.3, -0.25) is 14.4 Å². The lowest BCUT2D eigenvalue weighted by Gasteiger charge is -2.56. The van der Waals surface area contributed by atoms with Crippen LogP contribution >= 0.6 is 0 Å². The van der Waals surface area contributed by atoms with Crippen molar-refractivity contribution >= 4 is 17.5 Å². The van der Waals surface area contributed by atoms with Gasteiger partial charge < -0.3 is 9.84 Å². The van der Waals surface area contributed by atoms with E-state index in [1.54, 1.807) is 0 Å². The summed E-state index contributed by atoms with van der Waals surface area (Å²) in [4.78, 5) is 36.1. The zero-order chi connectivity index (χ0) is 21.2. The molecular formula is C24H32O5. The molecule has 0 aliphatic heterocycles. The number of ketones is 2. The van der Waals surface area contributed by atoms with Crippen LogP contribution in [0.1, 0.15) is 66.2 Å². The third-order valence-electron chi connectivity index (χ3n) is 8.68. The summed E-state index contributed by atoms with van der Waals surface area (Å²) < 4.78 is 4.92. The first-order chi connectivity index (χ1) is 13.5. The standard InChI is InChI=1S/C24H32O5/c1-14-11-17-18(22(3)8-5-16(26)12-20(14)22)6-9-23(4)19(17)7-10-24(23,28)21(27)13-29-15(2)25/h6,12,14,17,19,28H,5,7-11,13H2,1-4H3/t14?,17?,19?,22-,23+,24+/m1/s1. The van der Waals surface area contributed by atoms with Gasteiger partial charge in [0, 0.05) is 24.2 Å². The molecule has 0 radical (unpaired) electrons. The van der Waals surface area contributed by atoms with Gasteiger partial charge in [-0.05, 0) is 55.9 Å². The summed E-state index contributed by atoms with van der Waals surface area (Å²) in [5.41, 5.74) is 0.575. The summed E-state index contributed by atoms with van der Waals surface area (Å²) in [6.07, 6.45) is 8.37. The van der Waals surface area contributed by atoms with E-state index in [0.29, 0.717) is 31.1 Å². The summed E-state index contributed by atoms with van der Waals surface area (Å²) >= 11 is 0. The van der Waals surface area contributed by atoms with Gasteiger partial charge >= 0.3 is 5.97 Å². The molecule has 0 spiro atoms. The van der Waals surface area contributed by atoms with Crippen molar-refractivity contribution in [3.05, 3.63) is 23.3 Å². The monoisotopic (exact) mass is 400 g/mol. The highest BCUT2D eigenvalue weighted by Gasteiger charge is 2.64. The van der Waals surface area contributed by atoms with Crippen LogP contribution in [0.3, 0.4) is 0 Å². The van der Waals surface area contributed by atoms with Crippen molar-refractivity contribution in [1.82, 2.24) is 0 Å². The molecule has 2 fully saturated rings. The van der Waals surface area contributed by atoms with Gasteiger partial charge in [0.25, 0.3) is 0 Å². The quantitative estimate of drug-likeness (QED) is 0.579. The Morgan fingerprint density at radius 3 is 2.66 bits per heavy atom. The van der Waals surface area contributed by atoms with Crippen molar-refractivity contribution < 1.29 is 24.2 Å². The summed E-state index contributed by atoms with van der Waals surface area (Å²) in [5.74, 6) is 0.192. The average molecular weight is 401 g/mol. The van der Waals surface area contributed by atoms with Crippen LogP contribution in [0.2, 0.25) is 0 Å². The van der Waals surface area contributed by atoms with Crippen molar-refractivity contribution in [3.63, 3.8) is 0 Å². The van der Waals surface area contributed by atoms with E-state index in [1.165, 1.54) is 18.1 Å². The summed E-state index contributed by atoms with van der Waals surface area (Å²) in [6, 6.07) is 0. The Morgan fingerprint density at radius 1 is 1.24 bits per heavy atom. The molecule has 5 nitrogen and oxygen atoms in total. The maximum absolute atomic E-state index is 12.9. The van der Waals surface area contributed by atoms with E-state index in [1.807, 2.05) is 13.0 Å². The molecule has 5 heteroatoms. The Morgan fingerprint density at radius 2 is 1.97 bits per heavy atom. The molecule has 158 valence electrons. The van der Waals surface area contributed by atoms with Crippen LogP contribution in [0.4, 0.5) is 0 Å². The lowest BCUT2D eigenvalue weighted by molar-refractivity contribution is -0.162. The Hall–Kier alpha value is -1.75. The number of rotatable bonds is 3. The fourth-order valence-electron chi connectivity index (χ4n) is 7.03. The lowest BCUT2D eigenvalue weighted by atomic mass is 9.49. The Labute approximate surface area is 172 Å². The number of ether oxygens (including phenoxy) is 1. The highest BCUT2D eigenvalue weighted by Crippen LogP contribution is 2.66. The van der Waals surface area contributed by atoms with Crippen molar-refractivity contribution in [2.24, 2.45) is 28.6 Å². The van der Waals surface area contributed by atoms with Gasteiger partial charge in [0.15, 0.2) is 12.4 Å². The minimum Gasteiger partial charge on any atom is -0.458 e. The first-order valence-corrected chi connectivity index (χ1v) is 10.9. The van der Waals surface area contributed by atoms with Gasteiger partial charge in [0.05, 0.1) is 0 Å². The zero-order valence-electron chi connectivity index (χ0n) is 17.9.